The van der Waals surface area contributed by atoms with Crippen LogP contribution in [-0.4, -0.2) is 46.8 Å². The molecule has 2 aliphatic heterocycles. The molecule has 2 fully saturated rings. The maximum absolute atomic E-state index is 12.6. The lowest BCUT2D eigenvalue weighted by Gasteiger charge is -2.16. The standard InChI is InChI=1S/C16H18N4O.ClH/c21-16(19-9-12-6-17-7-13(12)10-19)14-8-18-20(11-14)15-4-2-1-3-5-15;/h1-5,8,11-13,17H,6-7,9-10H2;1H/t12-,13+;. The number of nitrogens with zero attached hydrogens (tertiary/aromatic N) is 3. The summed E-state index contributed by atoms with van der Waals surface area (Å²) in [6.07, 6.45) is 3.49. The van der Waals surface area contributed by atoms with Gasteiger partial charge in [-0.25, -0.2) is 4.68 Å². The van der Waals surface area contributed by atoms with Gasteiger partial charge in [-0.3, -0.25) is 4.79 Å². The van der Waals surface area contributed by atoms with Crippen molar-refractivity contribution in [2.24, 2.45) is 11.8 Å². The Bertz CT molecular complexity index is 645. The van der Waals surface area contributed by atoms with Crippen LogP contribution in [0.5, 0.6) is 0 Å². The number of amides is 1. The molecule has 1 aromatic heterocycles. The van der Waals surface area contributed by atoms with Gasteiger partial charge in [0, 0.05) is 32.4 Å². The highest BCUT2D eigenvalue weighted by atomic mass is 35.5. The first-order valence-corrected chi connectivity index (χ1v) is 7.41. The lowest BCUT2D eigenvalue weighted by Crippen LogP contribution is -2.31. The Morgan fingerprint density at radius 1 is 1.14 bits per heavy atom. The number of hydrogen-bond acceptors (Lipinski definition) is 3. The van der Waals surface area contributed by atoms with Crippen molar-refractivity contribution < 1.29 is 4.79 Å². The van der Waals surface area contributed by atoms with Gasteiger partial charge in [-0.2, -0.15) is 5.10 Å². The third kappa shape index (κ3) is 2.62. The molecule has 1 amide bonds. The second kappa shape index (κ2) is 6.10. The highest BCUT2D eigenvalue weighted by molar-refractivity contribution is 5.94. The average Bonchev–Trinajstić information content (AvgIpc) is 3.22. The number of aromatic nitrogens is 2. The van der Waals surface area contributed by atoms with E-state index in [0.717, 1.165) is 31.9 Å². The zero-order chi connectivity index (χ0) is 14.2. The lowest BCUT2D eigenvalue weighted by atomic mass is 10.0. The minimum atomic E-state index is 0. The van der Waals surface area contributed by atoms with Crippen molar-refractivity contribution in [3.8, 4) is 5.69 Å². The van der Waals surface area contributed by atoms with Crippen LogP contribution in [0, 0.1) is 11.8 Å². The molecule has 0 aliphatic carbocycles. The molecule has 5 nitrogen and oxygen atoms in total. The summed E-state index contributed by atoms with van der Waals surface area (Å²) in [6, 6.07) is 9.86. The third-order valence-corrected chi connectivity index (χ3v) is 4.53. The summed E-state index contributed by atoms with van der Waals surface area (Å²) >= 11 is 0. The smallest absolute Gasteiger partial charge is 0.257 e. The van der Waals surface area contributed by atoms with Gasteiger partial charge < -0.3 is 10.2 Å². The van der Waals surface area contributed by atoms with Gasteiger partial charge in [0.05, 0.1) is 17.4 Å². The molecule has 3 heterocycles. The molecule has 116 valence electrons. The number of halogens is 1. The molecule has 0 saturated carbocycles. The summed E-state index contributed by atoms with van der Waals surface area (Å²) in [4.78, 5) is 14.5. The molecule has 0 spiro atoms. The molecule has 2 saturated heterocycles. The Morgan fingerprint density at radius 3 is 2.50 bits per heavy atom. The van der Waals surface area contributed by atoms with Gasteiger partial charge in [-0.15, -0.1) is 12.4 Å². The maximum atomic E-state index is 12.6. The van der Waals surface area contributed by atoms with E-state index >= 15 is 0 Å². The van der Waals surface area contributed by atoms with Gasteiger partial charge in [0.15, 0.2) is 0 Å². The molecule has 0 unspecified atom stereocenters. The zero-order valence-electron chi connectivity index (χ0n) is 12.2. The normalized spacial score (nSPS) is 23.2. The first-order valence-electron chi connectivity index (χ1n) is 7.41. The summed E-state index contributed by atoms with van der Waals surface area (Å²) < 4.78 is 1.76. The molecule has 0 bridgehead atoms. The van der Waals surface area contributed by atoms with Gasteiger partial charge in [-0.1, -0.05) is 18.2 Å². The molecule has 6 heteroatoms. The van der Waals surface area contributed by atoms with Crippen LogP contribution in [-0.2, 0) is 0 Å². The average molecular weight is 319 g/mol. The Labute approximate surface area is 135 Å². The van der Waals surface area contributed by atoms with E-state index in [1.165, 1.54) is 0 Å². The van der Waals surface area contributed by atoms with Gasteiger partial charge in [-0.05, 0) is 24.0 Å². The molecule has 1 aromatic carbocycles. The zero-order valence-corrected chi connectivity index (χ0v) is 13.0. The van der Waals surface area contributed by atoms with Crippen molar-refractivity contribution in [2.45, 2.75) is 0 Å². The van der Waals surface area contributed by atoms with Crippen LogP contribution in [0.2, 0.25) is 0 Å². The highest BCUT2D eigenvalue weighted by Gasteiger charge is 2.38. The minimum absolute atomic E-state index is 0. The van der Waals surface area contributed by atoms with Gasteiger partial charge in [0.1, 0.15) is 0 Å². The fraction of sp³-hybridized carbons (Fsp3) is 0.375. The quantitative estimate of drug-likeness (QED) is 0.915. The topological polar surface area (TPSA) is 50.2 Å². The first-order chi connectivity index (χ1) is 10.3. The number of carbonyl (C=O) groups is 1. The second-order valence-corrected chi connectivity index (χ2v) is 5.90. The van der Waals surface area contributed by atoms with Crippen molar-refractivity contribution >= 4 is 18.3 Å². The predicted octanol–water partition coefficient (Wildman–Crippen LogP) is 1.59. The number of carbonyl (C=O) groups excluding carboxylic acids is 1. The SMILES string of the molecule is Cl.O=C(c1cnn(-c2ccccc2)c1)N1C[C@H]2CNC[C@H]2C1. The third-order valence-electron chi connectivity index (χ3n) is 4.53. The van der Waals surface area contributed by atoms with E-state index in [2.05, 4.69) is 10.4 Å². The van der Waals surface area contributed by atoms with E-state index in [0.29, 0.717) is 17.4 Å². The molecule has 1 N–H and O–H groups in total. The first kappa shape index (κ1) is 15.1. The highest BCUT2D eigenvalue weighted by Crippen LogP contribution is 2.27. The van der Waals surface area contributed by atoms with Crippen LogP contribution in [0.1, 0.15) is 10.4 Å². The molecular weight excluding hydrogens is 300 g/mol. The molecule has 2 atom stereocenters. The largest absolute Gasteiger partial charge is 0.338 e. The number of hydrogen-bond donors (Lipinski definition) is 1. The number of nitrogens with one attached hydrogen (secondary N) is 1. The number of benzene rings is 1. The maximum Gasteiger partial charge on any atom is 0.257 e. The van der Waals surface area contributed by atoms with Crippen LogP contribution in [0.15, 0.2) is 42.7 Å². The molecular formula is C16H19ClN4O. The van der Waals surface area contributed by atoms with E-state index < -0.39 is 0 Å². The van der Waals surface area contributed by atoms with E-state index in [9.17, 15) is 4.79 Å². The summed E-state index contributed by atoms with van der Waals surface area (Å²) in [7, 11) is 0. The molecule has 0 radical (unpaired) electrons. The van der Waals surface area contributed by atoms with Gasteiger partial charge >= 0.3 is 0 Å². The summed E-state index contributed by atoms with van der Waals surface area (Å²) in [5.41, 5.74) is 1.64. The van der Waals surface area contributed by atoms with Crippen molar-refractivity contribution in [1.29, 1.82) is 0 Å². The molecule has 2 aliphatic rings. The fourth-order valence-corrected chi connectivity index (χ4v) is 3.36. The van der Waals surface area contributed by atoms with E-state index in [1.54, 1.807) is 10.9 Å². The van der Waals surface area contributed by atoms with Crippen molar-refractivity contribution in [2.75, 3.05) is 26.2 Å². The van der Waals surface area contributed by atoms with Crippen LogP contribution >= 0.6 is 12.4 Å². The Balaban J connectivity index is 0.00000144. The van der Waals surface area contributed by atoms with E-state index in [-0.39, 0.29) is 18.3 Å². The Hall–Kier alpha value is -1.85. The fourth-order valence-electron chi connectivity index (χ4n) is 3.36. The number of para-hydroxylation sites is 1. The minimum Gasteiger partial charge on any atom is -0.338 e. The number of likely N-dealkylation sites (tertiary alicyclic amines) is 1. The molecule has 2 aromatic rings. The summed E-state index contributed by atoms with van der Waals surface area (Å²) in [6.45, 7) is 3.81. The number of fused-ring (bicyclic) bond motifs is 1. The van der Waals surface area contributed by atoms with Crippen LogP contribution < -0.4 is 5.32 Å². The second-order valence-electron chi connectivity index (χ2n) is 5.90. The molecule has 22 heavy (non-hydrogen) atoms. The lowest BCUT2D eigenvalue weighted by molar-refractivity contribution is 0.0781. The van der Waals surface area contributed by atoms with Crippen molar-refractivity contribution in [3.63, 3.8) is 0 Å². The summed E-state index contributed by atoms with van der Waals surface area (Å²) in [5, 5.41) is 7.70. The number of rotatable bonds is 2. The van der Waals surface area contributed by atoms with Crippen LogP contribution in [0.4, 0.5) is 0 Å². The van der Waals surface area contributed by atoms with Crippen LogP contribution in [0.25, 0.3) is 5.69 Å². The Morgan fingerprint density at radius 2 is 1.82 bits per heavy atom. The van der Waals surface area contributed by atoms with E-state index in [1.807, 2.05) is 41.4 Å². The van der Waals surface area contributed by atoms with Gasteiger partial charge in [0.25, 0.3) is 5.91 Å². The molecule has 4 rings (SSSR count). The van der Waals surface area contributed by atoms with Crippen molar-refractivity contribution in [1.82, 2.24) is 20.0 Å². The Kier molecular flexibility index (Phi) is 4.18. The predicted molar refractivity (Wildman–Crippen MR) is 86.6 cm³/mol. The summed E-state index contributed by atoms with van der Waals surface area (Å²) in [5.74, 6) is 1.35. The van der Waals surface area contributed by atoms with E-state index in [4.69, 9.17) is 0 Å². The van der Waals surface area contributed by atoms with Gasteiger partial charge in [0.2, 0.25) is 0 Å². The monoisotopic (exact) mass is 318 g/mol. The van der Waals surface area contributed by atoms with Crippen molar-refractivity contribution in [3.05, 3.63) is 48.3 Å². The van der Waals surface area contributed by atoms with Crippen LogP contribution in [0.3, 0.4) is 0 Å².